The first kappa shape index (κ1) is 18.1. The summed E-state index contributed by atoms with van der Waals surface area (Å²) in [7, 11) is 0. The van der Waals surface area contributed by atoms with Gasteiger partial charge in [-0.15, -0.1) is 6.58 Å². The van der Waals surface area contributed by atoms with Crippen molar-refractivity contribution < 1.29 is 18.7 Å². The molecule has 0 saturated carbocycles. The van der Waals surface area contributed by atoms with Gasteiger partial charge in [-0.1, -0.05) is 26.8 Å². The average molecular weight is 307 g/mol. The lowest BCUT2D eigenvalue weighted by Crippen LogP contribution is -2.15. The molecule has 5 nitrogen and oxygen atoms in total. The van der Waals surface area contributed by atoms with E-state index in [0.717, 1.165) is 0 Å². The maximum Gasteiger partial charge on any atom is 0.360 e. The van der Waals surface area contributed by atoms with Gasteiger partial charge in [0.2, 0.25) is 0 Å². The predicted octanol–water partition coefficient (Wildman–Crippen LogP) is 3.91. The maximum absolute atomic E-state index is 12.2. The smallest absolute Gasteiger partial charge is 0.360 e. The van der Waals surface area contributed by atoms with Crippen molar-refractivity contribution in [3.8, 4) is 0 Å². The van der Waals surface area contributed by atoms with E-state index in [0.29, 0.717) is 25.2 Å². The zero-order valence-electron chi connectivity index (χ0n) is 13.8. The lowest BCUT2D eigenvalue weighted by atomic mass is 9.86. The Labute approximate surface area is 131 Å². The Hall–Kier alpha value is -1.91. The zero-order valence-corrected chi connectivity index (χ0v) is 13.8. The number of nitrogens with zero attached hydrogens (tertiary/aromatic N) is 1. The first-order chi connectivity index (χ1) is 10.3. The number of esters is 1. The molecule has 1 unspecified atom stereocenters. The molecule has 1 atom stereocenters. The van der Waals surface area contributed by atoms with Gasteiger partial charge < -0.3 is 9.15 Å². The molecule has 122 valence electrons. The van der Waals surface area contributed by atoms with Crippen molar-refractivity contribution in [2.45, 2.75) is 52.9 Å². The topological polar surface area (TPSA) is 69.4 Å². The van der Waals surface area contributed by atoms with Gasteiger partial charge in [0.05, 0.1) is 6.61 Å². The zero-order chi connectivity index (χ0) is 16.8. The largest absolute Gasteiger partial charge is 0.461 e. The van der Waals surface area contributed by atoms with E-state index in [1.807, 2.05) is 20.8 Å². The Balaban J connectivity index is 2.80. The minimum atomic E-state index is -0.518. The second-order valence-electron chi connectivity index (χ2n) is 6.49. The summed E-state index contributed by atoms with van der Waals surface area (Å²) < 4.78 is 10.2. The first-order valence-electron chi connectivity index (χ1n) is 7.52. The number of hydrogen-bond acceptors (Lipinski definition) is 5. The van der Waals surface area contributed by atoms with Crippen LogP contribution in [0.15, 0.2) is 23.3 Å². The van der Waals surface area contributed by atoms with Crippen molar-refractivity contribution in [1.82, 2.24) is 4.98 Å². The minimum Gasteiger partial charge on any atom is -0.461 e. The average Bonchev–Trinajstić information content (AvgIpc) is 2.85. The molecular weight excluding hydrogens is 282 g/mol. The molecule has 1 aromatic heterocycles. The fraction of sp³-hybridized carbons (Fsp3) is 0.588. The van der Waals surface area contributed by atoms with E-state index in [1.54, 1.807) is 13.0 Å². The van der Waals surface area contributed by atoms with Crippen molar-refractivity contribution in [1.29, 1.82) is 0 Å². The molecule has 0 aliphatic heterocycles. The van der Waals surface area contributed by atoms with Crippen LogP contribution in [0.3, 0.4) is 0 Å². The second-order valence-corrected chi connectivity index (χ2v) is 6.49. The van der Waals surface area contributed by atoms with Gasteiger partial charge in [0.1, 0.15) is 12.0 Å². The van der Waals surface area contributed by atoms with Crippen LogP contribution in [-0.2, 0) is 9.53 Å². The normalized spacial score (nSPS) is 12.7. The summed E-state index contributed by atoms with van der Waals surface area (Å²) in [6.45, 7) is 11.8. The highest BCUT2D eigenvalue weighted by Crippen LogP contribution is 2.27. The van der Waals surface area contributed by atoms with Crippen LogP contribution < -0.4 is 0 Å². The summed E-state index contributed by atoms with van der Waals surface area (Å²) in [6, 6.07) is 0. The second kappa shape index (κ2) is 7.92. The lowest BCUT2D eigenvalue weighted by molar-refractivity contribution is -0.121. The molecule has 5 heteroatoms. The van der Waals surface area contributed by atoms with Gasteiger partial charge in [0.25, 0.3) is 0 Å². The number of ether oxygens (including phenoxy) is 1. The Kier molecular flexibility index (Phi) is 6.53. The van der Waals surface area contributed by atoms with Gasteiger partial charge in [0, 0.05) is 18.8 Å². The quantitative estimate of drug-likeness (QED) is 0.538. The molecule has 0 aliphatic carbocycles. The van der Waals surface area contributed by atoms with Gasteiger partial charge in [-0.3, -0.25) is 4.79 Å². The monoisotopic (exact) mass is 307 g/mol. The molecule has 0 aromatic carbocycles. The summed E-state index contributed by atoms with van der Waals surface area (Å²) in [6.07, 6.45) is 4.39. The van der Waals surface area contributed by atoms with E-state index in [2.05, 4.69) is 11.6 Å². The number of allylic oxidation sites excluding steroid dienone is 1. The van der Waals surface area contributed by atoms with Gasteiger partial charge in [-0.25, -0.2) is 9.78 Å². The fourth-order valence-electron chi connectivity index (χ4n) is 2.19. The molecule has 0 amide bonds. The molecule has 0 aliphatic rings. The van der Waals surface area contributed by atoms with Crippen molar-refractivity contribution in [2.24, 2.45) is 5.41 Å². The third-order valence-corrected chi connectivity index (χ3v) is 3.01. The molecule has 22 heavy (non-hydrogen) atoms. The van der Waals surface area contributed by atoms with Gasteiger partial charge >= 0.3 is 5.97 Å². The first-order valence-corrected chi connectivity index (χ1v) is 7.52. The summed E-state index contributed by atoms with van der Waals surface area (Å²) in [5.41, 5.74) is 0.0804. The van der Waals surface area contributed by atoms with Crippen LogP contribution in [0.2, 0.25) is 0 Å². The molecular formula is C17H25NO4. The van der Waals surface area contributed by atoms with E-state index in [1.165, 1.54) is 6.26 Å². The SMILES string of the molecule is C=CCC(CC(=O)CC(C)(C)C)c1nc(C(=O)OCC)co1. The minimum absolute atomic E-state index is 0.0531. The molecule has 0 spiro atoms. The van der Waals surface area contributed by atoms with E-state index in [9.17, 15) is 9.59 Å². The standard InChI is InChI=1S/C17H25NO4/c1-6-8-12(9-13(19)10-17(3,4)5)15-18-14(11-22-15)16(20)21-7-2/h6,11-12H,1,7-10H2,2-5H3. The van der Waals surface area contributed by atoms with Crippen molar-refractivity contribution in [2.75, 3.05) is 6.61 Å². The summed E-state index contributed by atoms with van der Waals surface area (Å²) in [5.74, 6) is -0.188. The summed E-state index contributed by atoms with van der Waals surface area (Å²) in [5, 5.41) is 0. The number of ketones is 1. The molecule has 0 saturated heterocycles. The van der Waals surface area contributed by atoms with E-state index >= 15 is 0 Å². The number of oxazole rings is 1. The van der Waals surface area contributed by atoms with E-state index in [-0.39, 0.29) is 29.4 Å². The van der Waals surface area contributed by atoms with Crippen LogP contribution in [0.25, 0.3) is 0 Å². The van der Waals surface area contributed by atoms with Crippen LogP contribution in [0.5, 0.6) is 0 Å². The molecule has 1 heterocycles. The fourth-order valence-corrected chi connectivity index (χ4v) is 2.19. The Morgan fingerprint density at radius 2 is 2.14 bits per heavy atom. The van der Waals surface area contributed by atoms with Crippen LogP contribution in [0.4, 0.5) is 0 Å². The molecule has 0 bridgehead atoms. The predicted molar refractivity (Wildman–Crippen MR) is 83.7 cm³/mol. The van der Waals surface area contributed by atoms with E-state index in [4.69, 9.17) is 9.15 Å². The van der Waals surface area contributed by atoms with Crippen molar-refractivity contribution >= 4 is 11.8 Å². The van der Waals surface area contributed by atoms with Crippen LogP contribution in [0, 0.1) is 5.41 Å². The van der Waals surface area contributed by atoms with Crippen LogP contribution in [-0.4, -0.2) is 23.3 Å². The molecule has 1 rings (SSSR count). The van der Waals surface area contributed by atoms with Gasteiger partial charge in [0.15, 0.2) is 11.6 Å². The highest BCUT2D eigenvalue weighted by molar-refractivity contribution is 5.86. The van der Waals surface area contributed by atoms with Gasteiger partial charge in [-0.2, -0.15) is 0 Å². The number of hydrogen-bond donors (Lipinski definition) is 0. The van der Waals surface area contributed by atoms with Gasteiger partial charge in [-0.05, 0) is 18.8 Å². The number of rotatable bonds is 8. The summed E-state index contributed by atoms with van der Waals surface area (Å²) >= 11 is 0. The third kappa shape index (κ3) is 5.84. The Bertz CT molecular complexity index is 525. The summed E-state index contributed by atoms with van der Waals surface area (Å²) in [4.78, 5) is 27.9. The van der Waals surface area contributed by atoms with Crippen molar-refractivity contribution in [3.05, 3.63) is 30.5 Å². The maximum atomic E-state index is 12.2. The lowest BCUT2D eigenvalue weighted by Gasteiger charge is -2.18. The Morgan fingerprint density at radius 3 is 2.68 bits per heavy atom. The van der Waals surface area contributed by atoms with Crippen LogP contribution in [0.1, 0.15) is 69.3 Å². The Morgan fingerprint density at radius 1 is 1.45 bits per heavy atom. The molecule has 0 radical (unpaired) electrons. The number of Topliss-reactive ketones (excluding diaryl/α,β-unsaturated/α-hetero) is 1. The molecule has 0 N–H and O–H groups in total. The highest BCUT2D eigenvalue weighted by atomic mass is 16.5. The number of carbonyl (C=O) groups is 2. The molecule has 1 aromatic rings. The molecule has 0 fully saturated rings. The number of aromatic nitrogens is 1. The number of carbonyl (C=O) groups excluding carboxylic acids is 2. The third-order valence-electron chi connectivity index (χ3n) is 3.01. The highest BCUT2D eigenvalue weighted by Gasteiger charge is 2.24. The van der Waals surface area contributed by atoms with Crippen LogP contribution >= 0.6 is 0 Å². The van der Waals surface area contributed by atoms with Crippen molar-refractivity contribution in [3.63, 3.8) is 0 Å². The van der Waals surface area contributed by atoms with E-state index < -0.39 is 5.97 Å².